The van der Waals surface area contributed by atoms with Gasteiger partial charge in [0.15, 0.2) is 6.61 Å². The number of carbonyl (C=O) groups excluding carboxylic acids is 1. The monoisotopic (exact) mass is 476 g/mol. The summed E-state index contributed by atoms with van der Waals surface area (Å²) in [5, 5.41) is 3.52. The van der Waals surface area contributed by atoms with E-state index >= 15 is 0 Å². The summed E-state index contributed by atoms with van der Waals surface area (Å²) in [5.74, 6) is 1.37. The molecule has 166 valence electrons. The zero-order chi connectivity index (χ0) is 22.8. The van der Waals surface area contributed by atoms with Crippen molar-refractivity contribution >= 4 is 34.5 Å². The molecule has 0 N–H and O–H groups in total. The zero-order valence-corrected chi connectivity index (χ0v) is 19.5. The third-order valence-electron chi connectivity index (χ3n) is 5.38. The molecule has 0 atom stereocenters. The molecular weight excluding hydrogens is 456 g/mol. The normalized spacial score (nSPS) is 12.9. The minimum Gasteiger partial charge on any atom is -0.492 e. The number of thiazole rings is 1. The molecule has 0 radical (unpaired) electrons. The van der Waals surface area contributed by atoms with Crippen LogP contribution in [-0.2, 0) is 4.79 Å². The first-order valence-electron chi connectivity index (χ1n) is 10.6. The molecule has 0 aliphatic carbocycles. The Labute approximate surface area is 201 Å². The molecule has 2 heterocycles. The molecule has 0 spiro atoms. The van der Waals surface area contributed by atoms with Gasteiger partial charge in [-0.15, -0.1) is 11.3 Å². The summed E-state index contributed by atoms with van der Waals surface area (Å²) in [6.07, 6.45) is 0. The molecule has 0 bridgehead atoms. The molecule has 3 aromatic carbocycles. The topological polar surface area (TPSA) is 51.7 Å². The first-order chi connectivity index (χ1) is 16.1. The maximum Gasteiger partial charge on any atom is 0.265 e. The predicted molar refractivity (Wildman–Crippen MR) is 133 cm³/mol. The Morgan fingerprint density at radius 1 is 1.12 bits per heavy atom. The van der Waals surface area contributed by atoms with Crippen LogP contribution in [0.5, 0.6) is 11.5 Å². The number of aromatic nitrogens is 1. The fraction of sp³-hybridized carbons (Fsp3) is 0.154. The number of nitrogens with zero attached hydrogens (tertiary/aromatic N) is 2. The smallest absolute Gasteiger partial charge is 0.265 e. The number of hydrogen-bond acceptors (Lipinski definition) is 5. The summed E-state index contributed by atoms with van der Waals surface area (Å²) in [5.41, 5.74) is 4.49. The molecule has 1 aliphatic rings. The number of amides is 1. The van der Waals surface area contributed by atoms with Crippen molar-refractivity contribution in [3.05, 3.63) is 82.7 Å². The highest BCUT2D eigenvalue weighted by Crippen LogP contribution is 2.38. The van der Waals surface area contributed by atoms with E-state index in [1.807, 2.05) is 79.0 Å². The van der Waals surface area contributed by atoms with Gasteiger partial charge in [-0.05, 0) is 48.9 Å². The van der Waals surface area contributed by atoms with Crippen LogP contribution in [0.1, 0.15) is 5.56 Å². The summed E-state index contributed by atoms with van der Waals surface area (Å²) in [4.78, 5) is 19.1. The van der Waals surface area contributed by atoms with Crippen molar-refractivity contribution < 1.29 is 14.3 Å². The van der Waals surface area contributed by atoms with E-state index in [4.69, 9.17) is 26.1 Å². The minimum atomic E-state index is -0.0949. The van der Waals surface area contributed by atoms with Crippen molar-refractivity contribution in [1.82, 2.24) is 4.98 Å². The largest absolute Gasteiger partial charge is 0.492 e. The summed E-state index contributed by atoms with van der Waals surface area (Å²) in [6.45, 7) is 2.84. The van der Waals surface area contributed by atoms with E-state index in [1.54, 1.807) is 4.90 Å². The summed E-state index contributed by atoms with van der Waals surface area (Å²) >= 11 is 7.88. The number of fused-ring (bicyclic) bond motifs is 1. The van der Waals surface area contributed by atoms with Crippen LogP contribution in [-0.4, -0.2) is 30.6 Å². The Morgan fingerprint density at radius 2 is 2.00 bits per heavy atom. The standard InChI is InChI=1S/C26H21ClN2O3S/c1-17-5-4-6-19(13-17)31-12-11-29-23-14-18(9-10-24(23)32-15-25(29)30)22-16-33-26(28-22)20-7-2-3-8-21(20)27/h2-10,13-14,16H,11-12,15H2,1H3. The van der Waals surface area contributed by atoms with Gasteiger partial charge in [-0.3, -0.25) is 4.79 Å². The molecular formula is C26H21ClN2O3S. The Bertz CT molecular complexity index is 1320. The average molecular weight is 477 g/mol. The zero-order valence-electron chi connectivity index (χ0n) is 18.0. The molecule has 1 amide bonds. The lowest BCUT2D eigenvalue weighted by Crippen LogP contribution is -2.41. The van der Waals surface area contributed by atoms with Gasteiger partial charge in [0.25, 0.3) is 5.91 Å². The molecule has 0 saturated carbocycles. The second kappa shape index (κ2) is 9.25. The van der Waals surface area contributed by atoms with Crippen LogP contribution < -0.4 is 14.4 Å². The first-order valence-corrected chi connectivity index (χ1v) is 11.8. The highest BCUT2D eigenvalue weighted by molar-refractivity contribution is 7.13. The van der Waals surface area contributed by atoms with Crippen LogP contribution >= 0.6 is 22.9 Å². The second-order valence-electron chi connectivity index (χ2n) is 7.70. The summed E-state index contributed by atoms with van der Waals surface area (Å²) in [6, 6.07) is 21.3. The highest BCUT2D eigenvalue weighted by Gasteiger charge is 2.26. The molecule has 7 heteroatoms. The SMILES string of the molecule is Cc1cccc(OCCN2C(=O)COc3ccc(-c4csc(-c5ccccc5Cl)n4)cc32)c1. The van der Waals surface area contributed by atoms with Gasteiger partial charge in [-0.1, -0.05) is 41.9 Å². The minimum absolute atomic E-state index is 0.0180. The van der Waals surface area contributed by atoms with Crippen LogP contribution in [0.4, 0.5) is 5.69 Å². The van der Waals surface area contributed by atoms with Gasteiger partial charge < -0.3 is 14.4 Å². The van der Waals surface area contributed by atoms with Crippen molar-refractivity contribution in [1.29, 1.82) is 0 Å². The van der Waals surface area contributed by atoms with Gasteiger partial charge in [0, 0.05) is 16.5 Å². The van der Waals surface area contributed by atoms with E-state index in [9.17, 15) is 4.79 Å². The molecule has 1 aromatic heterocycles. The number of anilines is 1. The van der Waals surface area contributed by atoms with Gasteiger partial charge in [-0.25, -0.2) is 4.98 Å². The van der Waals surface area contributed by atoms with Gasteiger partial charge in [0.2, 0.25) is 0 Å². The second-order valence-corrected chi connectivity index (χ2v) is 8.96. The van der Waals surface area contributed by atoms with Crippen molar-refractivity contribution in [3.8, 4) is 33.3 Å². The summed E-state index contributed by atoms with van der Waals surface area (Å²) in [7, 11) is 0. The van der Waals surface area contributed by atoms with E-state index in [0.717, 1.165) is 38.8 Å². The van der Waals surface area contributed by atoms with E-state index < -0.39 is 0 Å². The van der Waals surface area contributed by atoms with E-state index in [0.29, 0.717) is 23.9 Å². The lowest BCUT2D eigenvalue weighted by molar-refractivity contribution is -0.121. The van der Waals surface area contributed by atoms with E-state index in [1.165, 1.54) is 11.3 Å². The van der Waals surface area contributed by atoms with Crippen LogP contribution in [0.15, 0.2) is 72.1 Å². The number of carbonyl (C=O) groups is 1. The van der Waals surface area contributed by atoms with Gasteiger partial charge in [0.05, 0.1) is 22.9 Å². The molecule has 5 nitrogen and oxygen atoms in total. The maximum absolute atomic E-state index is 12.6. The van der Waals surface area contributed by atoms with Gasteiger partial charge in [0.1, 0.15) is 23.1 Å². The maximum atomic E-state index is 12.6. The Kier molecular flexibility index (Phi) is 6.03. The highest BCUT2D eigenvalue weighted by atomic mass is 35.5. The molecule has 4 aromatic rings. The molecule has 33 heavy (non-hydrogen) atoms. The van der Waals surface area contributed by atoms with Crippen LogP contribution in [0.2, 0.25) is 5.02 Å². The number of aryl methyl sites for hydroxylation is 1. The lowest BCUT2D eigenvalue weighted by Gasteiger charge is -2.29. The fourth-order valence-electron chi connectivity index (χ4n) is 3.73. The van der Waals surface area contributed by atoms with Crippen molar-refractivity contribution in [2.24, 2.45) is 0 Å². The molecule has 0 unspecified atom stereocenters. The molecule has 0 fully saturated rings. The average Bonchev–Trinajstić information content (AvgIpc) is 3.31. The van der Waals surface area contributed by atoms with Crippen molar-refractivity contribution in [3.63, 3.8) is 0 Å². The summed E-state index contributed by atoms with van der Waals surface area (Å²) < 4.78 is 11.5. The van der Waals surface area contributed by atoms with Crippen molar-refractivity contribution in [2.75, 3.05) is 24.7 Å². The Hall–Kier alpha value is -3.35. The lowest BCUT2D eigenvalue weighted by atomic mass is 10.1. The quantitative estimate of drug-likeness (QED) is 0.330. The Morgan fingerprint density at radius 3 is 2.85 bits per heavy atom. The number of rotatable bonds is 6. The van der Waals surface area contributed by atoms with Crippen LogP contribution in [0, 0.1) is 6.92 Å². The number of benzene rings is 3. The Balaban J connectivity index is 1.38. The third kappa shape index (κ3) is 4.58. The molecule has 5 rings (SSSR count). The van der Waals surface area contributed by atoms with E-state index in [-0.39, 0.29) is 12.5 Å². The van der Waals surface area contributed by atoms with Crippen LogP contribution in [0.25, 0.3) is 21.8 Å². The van der Waals surface area contributed by atoms with Gasteiger partial charge >= 0.3 is 0 Å². The molecule has 1 aliphatic heterocycles. The van der Waals surface area contributed by atoms with Crippen molar-refractivity contribution in [2.45, 2.75) is 6.92 Å². The van der Waals surface area contributed by atoms with Crippen LogP contribution in [0.3, 0.4) is 0 Å². The fourth-order valence-corrected chi connectivity index (χ4v) is 4.88. The predicted octanol–water partition coefficient (Wildman–Crippen LogP) is 6.24. The first kappa shape index (κ1) is 21.5. The number of hydrogen-bond donors (Lipinski definition) is 0. The number of ether oxygens (including phenoxy) is 2. The third-order valence-corrected chi connectivity index (χ3v) is 6.58. The molecule has 0 saturated heterocycles. The van der Waals surface area contributed by atoms with Gasteiger partial charge in [-0.2, -0.15) is 0 Å². The number of halogens is 1. The van der Waals surface area contributed by atoms with E-state index in [2.05, 4.69) is 0 Å².